The number of nitrogens with one attached hydrogen (secondary N) is 2. The topological polar surface area (TPSA) is 74.2 Å². The fraction of sp³-hybridized carbons (Fsp3) is 0.333. The van der Waals surface area contributed by atoms with E-state index in [0.717, 1.165) is 12.0 Å². The zero-order valence-corrected chi connectivity index (χ0v) is 13.3. The molecule has 3 N–H and O–H groups in total. The van der Waals surface area contributed by atoms with Gasteiger partial charge in [-0.15, -0.1) is 0 Å². The van der Waals surface area contributed by atoms with Crippen LogP contribution in [0.1, 0.15) is 25.3 Å². The lowest BCUT2D eigenvalue weighted by Crippen LogP contribution is -2.23. The van der Waals surface area contributed by atoms with Crippen LogP contribution in [-0.4, -0.2) is 28.6 Å². The van der Waals surface area contributed by atoms with Crippen LogP contribution in [0.3, 0.4) is 0 Å². The number of hydrogen-bond donors (Lipinski definition) is 3. The summed E-state index contributed by atoms with van der Waals surface area (Å²) in [6, 6.07) is 13.5. The third-order valence-electron chi connectivity index (χ3n) is 3.60. The lowest BCUT2D eigenvalue weighted by molar-refractivity contribution is -0.116. The highest BCUT2D eigenvalue weighted by Gasteiger charge is 2.06. The number of nitrogens with zero attached hydrogens (tertiary/aromatic N) is 1. The summed E-state index contributed by atoms with van der Waals surface area (Å²) in [4.78, 5) is 16.2. The minimum absolute atomic E-state index is 0.00573. The van der Waals surface area contributed by atoms with Gasteiger partial charge in [0.05, 0.1) is 24.5 Å². The Morgan fingerprint density at radius 1 is 1.22 bits per heavy atom. The summed E-state index contributed by atoms with van der Waals surface area (Å²) in [6.45, 7) is 2.06. The van der Waals surface area contributed by atoms with Crippen molar-refractivity contribution in [2.24, 2.45) is 0 Å². The van der Waals surface area contributed by atoms with E-state index < -0.39 is 0 Å². The van der Waals surface area contributed by atoms with Crippen molar-refractivity contribution in [3.05, 3.63) is 54.2 Å². The first-order valence-electron chi connectivity index (χ1n) is 7.88. The monoisotopic (exact) mass is 313 g/mol. The summed E-state index contributed by atoms with van der Waals surface area (Å²) in [7, 11) is 0. The first kappa shape index (κ1) is 17.0. The maximum atomic E-state index is 12.0. The largest absolute Gasteiger partial charge is 0.394 e. The molecule has 5 nitrogen and oxygen atoms in total. The molecule has 0 bridgehead atoms. The molecule has 0 spiro atoms. The number of aliphatic hydroxyl groups is 1. The van der Waals surface area contributed by atoms with E-state index in [0.29, 0.717) is 24.3 Å². The lowest BCUT2D eigenvalue weighted by atomic mass is 10.1. The molecule has 1 aromatic heterocycles. The molecule has 0 saturated carbocycles. The first-order chi connectivity index (χ1) is 11.2. The molecule has 1 aromatic carbocycles. The van der Waals surface area contributed by atoms with Gasteiger partial charge >= 0.3 is 0 Å². The van der Waals surface area contributed by atoms with E-state index in [1.165, 1.54) is 0 Å². The van der Waals surface area contributed by atoms with Crippen LogP contribution in [0, 0.1) is 0 Å². The van der Waals surface area contributed by atoms with E-state index in [1.54, 1.807) is 18.3 Å². The van der Waals surface area contributed by atoms with Gasteiger partial charge < -0.3 is 15.7 Å². The van der Waals surface area contributed by atoms with Gasteiger partial charge in [0.2, 0.25) is 5.91 Å². The van der Waals surface area contributed by atoms with Gasteiger partial charge in [-0.2, -0.15) is 0 Å². The quantitative estimate of drug-likeness (QED) is 0.700. The van der Waals surface area contributed by atoms with E-state index in [4.69, 9.17) is 5.11 Å². The van der Waals surface area contributed by atoms with Crippen molar-refractivity contribution < 1.29 is 9.90 Å². The number of carbonyl (C=O) groups is 1. The maximum Gasteiger partial charge on any atom is 0.224 e. The Morgan fingerprint density at radius 3 is 2.61 bits per heavy atom. The van der Waals surface area contributed by atoms with Crippen molar-refractivity contribution in [2.75, 3.05) is 17.2 Å². The minimum Gasteiger partial charge on any atom is -0.394 e. The zero-order chi connectivity index (χ0) is 16.5. The molecule has 0 aliphatic rings. The second-order valence-electron chi connectivity index (χ2n) is 5.40. The molecule has 1 unspecified atom stereocenters. The highest BCUT2D eigenvalue weighted by Crippen LogP contribution is 2.12. The van der Waals surface area contributed by atoms with Crippen LogP contribution in [0.5, 0.6) is 0 Å². The Balaban J connectivity index is 1.82. The molecule has 5 heteroatoms. The predicted molar refractivity (Wildman–Crippen MR) is 92.4 cm³/mol. The van der Waals surface area contributed by atoms with Gasteiger partial charge in [0, 0.05) is 6.42 Å². The normalized spacial score (nSPS) is 11.7. The second kappa shape index (κ2) is 8.90. The highest BCUT2D eigenvalue weighted by atomic mass is 16.3. The van der Waals surface area contributed by atoms with Crippen molar-refractivity contribution in [3.63, 3.8) is 0 Å². The Labute approximate surface area is 136 Å². The first-order valence-corrected chi connectivity index (χ1v) is 7.88. The lowest BCUT2D eigenvalue weighted by Gasteiger charge is -2.14. The molecular weight excluding hydrogens is 290 g/mol. The molecular formula is C18H23N3O2. The van der Waals surface area contributed by atoms with Gasteiger partial charge in [-0.3, -0.25) is 4.79 Å². The predicted octanol–water partition coefficient (Wildman–Crippen LogP) is 2.84. The van der Waals surface area contributed by atoms with Crippen molar-refractivity contribution in [1.29, 1.82) is 0 Å². The summed E-state index contributed by atoms with van der Waals surface area (Å²) < 4.78 is 0. The van der Waals surface area contributed by atoms with Crippen LogP contribution in [0.25, 0.3) is 0 Å². The molecule has 2 aromatic rings. The molecule has 1 heterocycles. The van der Waals surface area contributed by atoms with E-state index >= 15 is 0 Å². The SMILES string of the molecule is CCC(CO)Nc1ccc(NC(=O)CCc2ccccc2)cn1. The maximum absolute atomic E-state index is 12.0. The summed E-state index contributed by atoms with van der Waals surface area (Å²) in [5, 5.41) is 15.1. The molecule has 0 fully saturated rings. The fourth-order valence-corrected chi connectivity index (χ4v) is 2.17. The number of pyridine rings is 1. The summed E-state index contributed by atoms with van der Waals surface area (Å²) >= 11 is 0. The number of amides is 1. The van der Waals surface area contributed by atoms with Crippen LogP contribution in [-0.2, 0) is 11.2 Å². The standard InChI is InChI=1S/C18H23N3O2/c1-2-15(13-22)20-17-10-9-16(12-19-17)21-18(23)11-8-14-6-4-3-5-7-14/h3-7,9-10,12,15,22H,2,8,11,13H2,1H3,(H,19,20)(H,21,23). The fourth-order valence-electron chi connectivity index (χ4n) is 2.17. The molecule has 122 valence electrons. The Bertz CT molecular complexity index is 595. The van der Waals surface area contributed by atoms with Crippen LogP contribution in [0.15, 0.2) is 48.7 Å². The molecule has 0 radical (unpaired) electrons. The second-order valence-corrected chi connectivity index (χ2v) is 5.40. The smallest absolute Gasteiger partial charge is 0.224 e. The minimum atomic E-state index is -0.0295. The number of aliphatic hydroxyl groups excluding tert-OH is 1. The van der Waals surface area contributed by atoms with Crippen LogP contribution >= 0.6 is 0 Å². The summed E-state index contributed by atoms with van der Waals surface area (Å²) in [5.41, 5.74) is 1.82. The Hall–Kier alpha value is -2.40. The van der Waals surface area contributed by atoms with Gasteiger partial charge in [-0.05, 0) is 30.5 Å². The zero-order valence-electron chi connectivity index (χ0n) is 13.3. The van der Waals surface area contributed by atoms with Crippen molar-refractivity contribution >= 4 is 17.4 Å². The van der Waals surface area contributed by atoms with Crippen LogP contribution in [0.2, 0.25) is 0 Å². The van der Waals surface area contributed by atoms with Gasteiger partial charge in [0.1, 0.15) is 5.82 Å². The Kier molecular flexibility index (Phi) is 6.56. The number of aryl methyl sites for hydroxylation is 1. The van der Waals surface area contributed by atoms with Gasteiger partial charge in [-0.25, -0.2) is 4.98 Å². The van der Waals surface area contributed by atoms with Gasteiger partial charge in [-0.1, -0.05) is 37.3 Å². The van der Waals surface area contributed by atoms with E-state index in [2.05, 4.69) is 15.6 Å². The van der Waals surface area contributed by atoms with Crippen molar-refractivity contribution in [1.82, 2.24) is 4.98 Å². The van der Waals surface area contributed by atoms with E-state index in [-0.39, 0.29) is 18.6 Å². The van der Waals surface area contributed by atoms with E-state index in [9.17, 15) is 4.79 Å². The van der Waals surface area contributed by atoms with Gasteiger partial charge in [0.25, 0.3) is 0 Å². The third-order valence-corrected chi connectivity index (χ3v) is 3.60. The van der Waals surface area contributed by atoms with Crippen molar-refractivity contribution in [2.45, 2.75) is 32.2 Å². The average molecular weight is 313 g/mol. The van der Waals surface area contributed by atoms with E-state index in [1.807, 2.05) is 37.3 Å². The van der Waals surface area contributed by atoms with Crippen molar-refractivity contribution in [3.8, 4) is 0 Å². The molecule has 23 heavy (non-hydrogen) atoms. The number of rotatable bonds is 8. The van der Waals surface area contributed by atoms with Crippen LogP contribution in [0.4, 0.5) is 11.5 Å². The van der Waals surface area contributed by atoms with Gasteiger partial charge in [0.15, 0.2) is 0 Å². The molecule has 0 saturated heterocycles. The Morgan fingerprint density at radius 2 is 2.00 bits per heavy atom. The molecule has 0 aliphatic heterocycles. The average Bonchev–Trinajstić information content (AvgIpc) is 2.60. The third kappa shape index (κ3) is 5.71. The summed E-state index contributed by atoms with van der Waals surface area (Å²) in [5.74, 6) is 0.659. The summed E-state index contributed by atoms with van der Waals surface area (Å²) in [6.07, 6.45) is 3.59. The molecule has 1 amide bonds. The van der Waals surface area contributed by atoms with Crippen LogP contribution < -0.4 is 10.6 Å². The molecule has 0 aliphatic carbocycles. The number of hydrogen-bond acceptors (Lipinski definition) is 4. The number of anilines is 2. The number of carbonyl (C=O) groups excluding carboxylic acids is 1. The number of benzene rings is 1. The molecule has 2 rings (SSSR count). The molecule has 1 atom stereocenters. The highest BCUT2D eigenvalue weighted by molar-refractivity contribution is 5.90. The number of aromatic nitrogens is 1.